The van der Waals surface area contributed by atoms with Crippen LogP contribution in [0.1, 0.15) is 63.0 Å². The van der Waals surface area contributed by atoms with Crippen molar-refractivity contribution in [3.05, 3.63) is 35.9 Å². The van der Waals surface area contributed by atoms with Gasteiger partial charge in [-0.3, -0.25) is 19.3 Å². The van der Waals surface area contributed by atoms with Crippen LogP contribution in [0.5, 0.6) is 0 Å². The molecule has 8 heteroatoms. The number of hydrogen-bond donors (Lipinski definition) is 2. The summed E-state index contributed by atoms with van der Waals surface area (Å²) in [5.41, 5.74) is 0.154. The fraction of sp³-hybridized carbons (Fsp3) is 0.565. The van der Waals surface area contributed by atoms with Crippen molar-refractivity contribution in [1.82, 2.24) is 20.4 Å². The number of nitrogens with zero attached hydrogens (tertiary/aromatic N) is 2. The molecule has 2 saturated heterocycles. The Morgan fingerprint density at radius 2 is 1.81 bits per heavy atom. The quantitative estimate of drug-likeness (QED) is 0.653. The average molecular weight is 427 g/mol. The largest absolute Gasteiger partial charge is 0.347 e. The van der Waals surface area contributed by atoms with E-state index in [9.17, 15) is 19.2 Å². The lowest BCUT2D eigenvalue weighted by molar-refractivity contribution is -0.133. The van der Waals surface area contributed by atoms with E-state index in [-0.39, 0.29) is 36.7 Å². The zero-order chi connectivity index (χ0) is 21.8. The summed E-state index contributed by atoms with van der Waals surface area (Å²) in [7, 11) is 0. The van der Waals surface area contributed by atoms with Crippen molar-refractivity contribution in [2.45, 2.75) is 62.9 Å². The van der Waals surface area contributed by atoms with Crippen LogP contribution in [0.4, 0.5) is 4.79 Å². The molecule has 0 aromatic heterocycles. The molecular weight excluding hydrogens is 396 g/mol. The smallest absolute Gasteiger partial charge is 0.325 e. The van der Waals surface area contributed by atoms with Crippen LogP contribution in [0, 0.1) is 0 Å². The fourth-order valence-electron chi connectivity index (χ4n) is 4.89. The van der Waals surface area contributed by atoms with E-state index < -0.39 is 11.6 Å². The standard InChI is InChI=1S/C23H30N4O4/c28-19(11-15-27-21(30)23(25-22(27)31)12-5-2-6-13-23)24-18(17-8-3-1-4-9-17)16-26-14-7-10-20(26)29/h1,3-4,8-9,18H,2,5-7,10-16H2,(H,24,28)(H,25,31). The second-order valence-corrected chi connectivity index (χ2v) is 8.75. The fourth-order valence-corrected chi connectivity index (χ4v) is 4.89. The Hall–Kier alpha value is -2.90. The molecule has 8 nitrogen and oxygen atoms in total. The number of rotatable bonds is 7. The summed E-state index contributed by atoms with van der Waals surface area (Å²) in [4.78, 5) is 53.1. The predicted molar refractivity (Wildman–Crippen MR) is 114 cm³/mol. The summed E-state index contributed by atoms with van der Waals surface area (Å²) in [5.74, 6) is -0.342. The van der Waals surface area contributed by atoms with Gasteiger partial charge in [0.1, 0.15) is 5.54 Å². The molecule has 2 N–H and O–H groups in total. The third kappa shape index (κ3) is 4.57. The Morgan fingerprint density at radius 1 is 1.06 bits per heavy atom. The number of likely N-dealkylation sites (tertiary alicyclic amines) is 1. The normalized spacial score (nSPS) is 21.5. The van der Waals surface area contributed by atoms with Crippen LogP contribution in [0.25, 0.3) is 0 Å². The number of nitrogens with one attached hydrogen (secondary N) is 2. The number of hydrogen-bond acceptors (Lipinski definition) is 4. The zero-order valence-electron chi connectivity index (χ0n) is 17.8. The van der Waals surface area contributed by atoms with Crippen molar-refractivity contribution >= 4 is 23.8 Å². The predicted octanol–water partition coefficient (Wildman–Crippen LogP) is 2.11. The first kappa shape index (κ1) is 21.3. The maximum atomic E-state index is 12.9. The molecule has 1 spiro atoms. The third-order valence-electron chi connectivity index (χ3n) is 6.63. The Labute approximate surface area is 182 Å². The summed E-state index contributed by atoms with van der Waals surface area (Å²) in [6.45, 7) is 1.17. The Bertz CT molecular complexity index is 850. The van der Waals surface area contributed by atoms with Crippen LogP contribution >= 0.6 is 0 Å². The van der Waals surface area contributed by atoms with Crippen molar-refractivity contribution in [2.75, 3.05) is 19.6 Å². The van der Waals surface area contributed by atoms with Gasteiger partial charge in [-0.15, -0.1) is 0 Å². The molecule has 166 valence electrons. The number of carbonyl (C=O) groups is 4. The molecule has 4 rings (SSSR count). The highest BCUT2D eigenvalue weighted by Gasteiger charge is 2.51. The van der Waals surface area contributed by atoms with Gasteiger partial charge in [0.05, 0.1) is 6.04 Å². The topological polar surface area (TPSA) is 98.8 Å². The van der Waals surface area contributed by atoms with E-state index >= 15 is 0 Å². The van der Waals surface area contributed by atoms with Crippen molar-refractivity contribution in [3.8, 4) is 0 Å². The minimum atomic E-state index is -0.769. The number of amides is 5. The van der Waals surface area contributed by atoms with Gasteiger partial charge in [0.15, 0.2) is 0 Å². The molecule has 2 heterocycles. The van der Waals surface area contributed by atoms with Gasteiger partial charge in [0, 0.05) is 32.5 Å². The first-order valence-electron chi connectivity index (χ1n) is 11.2. The highest BCUT2D eigenvalue weighted by molar-refractivity contribution is 6.07. The van der Waals surface area contributed by atoms with Crippen molar-refractivity contribution < 1.29 is 19.2 Å². The minimum Gasteiger partial charge on any atom is -0.347 e. The van der Waals surface area contributed by atoms with Gasteiger partial charge in [0.2, 0.25) is 11.8 Å². The van der Waals surface area contributed by atoms with Gasteiger partial charge in [-0.25, -0.2) is 4.79 Å². The van der Waals surface area contributed by atoms with Gasteiger partial charge < -0.3 is 15.5 Å². The second-order valence-electron chi connectivity index (χ2n) is 8.75. The van der Waals surface area contributed by atoms with Gasteiger partial charge in [-0.05, 0) is 24.8 Å². The Morgan fingerprint density at radius 3 is 2.48 bits per heavy atom. The molecule has 31 heavy (non-hydrogen) atoms. The van der Waals surface area contributed by atoms with E-state index in [4.69, 9.17) is 0 Å². The monoisotopic (exact) mass is 426 g/mol. The third-order valence-corrected chi connectivity index (χ3v) is 6.63. The van der Waals surface area contributed by atoms with Crippen LogP contribution in [-0.2, 0) is 14.4 Å². The number of benzene rings is 1. The van der Waals surface area contributed by atoms with Crippen molar-refractivity contribution in [2.24, 2.45) is 0 Å². The highest BCUT2D eigenvalue weighted by Crippen LogP contribution is 2.33. The van der Waals surface area contributed by atoms with Crippen LogP contribution in [0.2, 0.25) is 0 Å². The molecule has 5 amide bonds. The number of imide groups is 1. The maximum Gasteiger partial charge on any atom is 0.325 e. The van der Waals surface area contributed by atoms with Gasteiger partial charge in [-0.1, -0.05) is 49.6 Å². The summed E-state index contributed by atoms with van der Waals surface area (Å²) < 4.78 is 0. The molecule has 1 atom stereocenters. The molecule has 1 aliphatic carbocycles. The summed E-state index contributed by atoms with van der Waals surface area (Å²) in [6.07, 6.45) is 5.68. The first-order valence-corrected chi connectivity index (χ1v) is 11.2. The lowest BCUT2D eigenvalue weighted by Gasteiger charge is -2.30. The van der Waals surface area contributed by atoms with Gasteiger partial charge in [0.25, 0.3) is 5.91 Å². The zero-order valence-corrected chi connectivity index (χ0v) is 17.8. The van der Waals surface area contributed by atoms with Gasteiger partial charge >= 0.3 is 6.03 Å². The van der Waals surface area contributed by atoms with Crippen LogP contribution in [-0.4, -0.2) is 58.7 Å². The van der Waals surface area contributed by atoms with E-state index in [1.807, 2.05) is 30.3 Å². The molecule has 0 bridgehead atoms. The van der Waals surface area contributed by atoms with Gasteiger partial charge in [-0.2, -0.15) is 0 Å². The summed E-state index contributed by atoms with van der Waals surface area (Å²) in [5, 5.41) is 5.88. The Balaban J connectivity index is 1.37. The van der Waals surface area contributed by atoms with Crippen molar-refractivity contribution in [3.63, 3.8) is 0 Å². The van der Waals surface area contributed by atoms with Crippen LogP contribution in [0.15, 0.2) is 30.3 Å². The number of urea groups is 1. The van der Waals surface area contributed by atoms with E-state index in [1.54, 1.807) is 4.90 Å². The van der Waals surface area contributed by atoms with E-state index in [1.165, 1.54) is 4.90 Å². The molecule has 3 fully saturated rings. The average Bonchev–Trinajstić information content (AvgIpc) is 3.27. The first-order chi connectivity index (χ1) is 15.0. The molecule has 3 aliphatic rings. The molecule has 1 saturated carbocycles. The Kier molecular flexibility index (Phi) is 6.25. The lowest BCUT2D eigenvalue weighted by Crippen LogP contribution is -2.48. The number of carbonyl (C=O) groups excluding carboxylic acids is 4. The molecule has 0 radical (unpaired) electrons. The van der Waals surface area contributed by atoms with Crippen LogP contribution in [0.3, 0.4) is 0 Å². The molecular formula is C23H30N4O4. The maximum absolute atomic E-state index is 12.9. The van der Waals surface area contributed by atoms with E-state index in [0.29, 0.717) is 32.4 Å². The SMILES string of the molecule is O=C(CCN1C(=O)NC2(CCCCC2)C1=O)NC(CN1CCCC1=O)c1ccccc1. The summed E-state index contributed by atoms with van der Waals surface area (Å²) >= 11 is 0. The highest BCUT2D eigenvalue weighted by atomic mass is 16.2. The summed E-state index contributed by atoms with van der Waals surface area (Å²) in [6, 6.07) is 8.83. The second kappa shape index (κ2) is 9.08. The minimum absolute atomic E-state index is 0.0342. The van der Waals surface area contributed by atoms with Crippen molar-refractivity contribution in [1.29, 1.82) is 0 Å². The molecule has 1 unspecified atom stereocenters. The molecule has 1 aromatic rings. The lowest BCUT2D eigenvalue weighted by atomic mass is 9.82. The van der Waals surface area contributed by atoms with E-state index in [2.05, 4.69) is 10.6 Å². The molecule has 2 aliphatic heterocycles. The van der Waals surface area contributed by atoms with E-state index in [0.717, 1.165) is 31.2 Å². The van der Waals surface area contributed by atoms with Crippen LogP contribution < -0.4 is 10.6 Å². The molecule has 1 aromatic carbocycles.